The molecule has 8 nitrogen and oxygen atoms in total. The minimum Gasteiger partial charge on any atom is -0.497 e. The summed E-state index contributed by atoms with van der Waals surface area (Å²) in [6.45, 7) is 1.62. The number of nitrogens with one attached hydrogen (secondary N) is 2. The number of carbonyl (C=O) groups is 1. The van der Waals surface area contributed by atoms with Crippen LogP contribution in [0.5, 0.6) is 5.75 Å². The number of rotatable bonds is 6. The average molecular weight is 474 g/mol. The molecule has 1 spiro atoms. The topological polar surface area (TPSA) is 108 Å². The molecule has 3 N–H and O–H groups in total. The highest BCUT2D eigenvalue weighted by atomic mass is 32.2. The van der Waals surface area contributed by atoms with Gasteiger partial charge in [0.25, 0.3) is 5.91 Å². The minimum atomic E-state index is -4.03. The van der Waals surface area contributed by atoms with Crippen molar-refractivity contribution in [2.24, 2.45) is 5.41 Å². The first-order valence-corrected chi connectivity index (χ1v) is 12.6. The summed E-state index contributed by atoms with van der Waals surface area (Å²) in [5.74, 6) is -0.0820. The zero-order chi connectivity index (χ0) is 23.7. The van der Waals surface area contributed by atoms with Gasteiger partial charge >= 0.3 is 0 Å². The van der Waals surface area contributed by atoms with E-state index in [4.69, 9.17) is 4.74 Å². The second-order valence-corrected chi connectivity index (χ2v) is 11.4. The molecule has 0 bridgehead atoms. The van der Waals surface area contributed by atoms with Crippen LogP contribution in [0.3, 0.4) is 0 Å². The van der Waals surface area contributed by atoms with Crippen LogP contribution in [0.1, 0.15) is 32.1 Å². The molecule has 2 aromatic rings. The van der Waals surface area contributed by atoms with E-state index in [2.05, 4.69) is 5.32 Å². The number of hydroxylamine groups is 1. The van der Waals surface area contributed by atoms with Gasteiger partial charge in [0, 0.05) is 18.4 Å². The van der Waals surface area contributed by atoms with Gasteiger partial charge in [-0.15, -0.1) is 0 Å². The quantitative estimate of drug-likeness (QED) is 0.437. The van der Waals surface area contributed by atoms with Crippen LogP contribution >= 0.6 is 0 Å². The highest BCUT2D eigenvalue weighted by Gasteiger charge is 2.60. The summed E-state index contributed by atoms with van der Waals surface area (Å²) in [4.78, 5) is 14.8. The van der Waals surface area contributed by atoms with Crippen molar-refractivity contribution in [2.45, 2.75) is 41.7 Å². The zero-order valence-corrected chi connectivity index (χ0v) is 19.8. The van der Waals surface area contributed by atoms with Gasteiger partial charge in [0.2, 0.25) is 0 Å². The molecule has 1 amide bonds. The van der Waals surface area contributed by atoms with E-state index in [9.17, 15) is 18.4 Å². The highest BCUT2D eigenvalue weighted by molar-refractivity contribution is 7.93. The second-order valence-electron chi connectivity index (χ2n) is 9.12. The summed E-state index contributed by atoms with van der Waals surface area (Å²) in [7, 11) is -0.528. The predicted octanol–water partition coefficient (Wildman–Crippen LogP) is 3.03. The Kier molecular flexibility index (Phi) is 6.39. The van der Waals surface area contributed by atoms with Crippen molar-refractivity contribution < 1.29 is 23.2 Å². The summed E-state index contributed by atoms with van der Waals surface area (Å²) in [6, 6.07) is 14.1. The van der Waals surface area contributed by atoms with E-state index < -0.39 is 20.5 Å². The molecule has 1 atom stereocenters. The Morgan fingerprint density at radius 2 is 1.58 bits per heavy atom. The van der Waals surface area contributed by atoms with Gasteiger partial charge in [-0.3, -0.25) is 10.0 Å². The first-order valence-electron chi connectivity index (χ1n) is 11.1. The standard InChI is InChI=1S/C24H31N3O5S/c1-27(18-3-7-20(32-2)8-4-18)19-5-9-21(10-6-19)33(30,31)24(22(28)26-29)12-11-23(17-24)13-15-25-16-14-23/h3-10,25,29H,11-17H2,1-2H3,(H,26,28). The Labute approximate surface area is 194 Å². The number of hydrogen-bond acceptors (Lipinski definition) is 7. The number of hydrogen-bond donors (Lipinski definition) is 3. The molecule has 1 heterocycles. The Bertz CT molecular complexity index is 1100. The monoisotopic (exact) mass is 473 g/mol. The Morgan fingerprint density at radius 3 is 2.12 bits per heavy atom. The van der Waals surface area contributed by atoms with Gasteiger partial charge in [0.05, 0.1) is 12.0 Å². The summed E-state index contributed by atoms with van der Waals surface area (Å²) < 4.78 is 31.1. The maximum absolute atomic E-state index is 13.8. The van der Waals surface area contributed by atoms with Gasteiger partial charge in [-0.05, 0) is 99.1 Å². The van der Waals surface area contributed by atoms with E-state index in [0.717, 1.165) is 43.1 Å². The lowest BCUT2D eigenvalue weighted by Crippen LogP contribution is -2.51. The second kappa shape index (κ2) is 8.96. The van der Waals surface area contributed by atoms with Crippen molar-refractivity contribution in [1.29, 1.82) is 0 Å². The number of methoxy groups -OCH3 is 1. The van der Waals surface area contributed by atoms with Crippen molar-refractivity contribution in [3.8, 4) is 5.75 Å². The van der Waals surface area contributed by atoms with Gasteiger partial charge < -0.3 is 15.0 Å². The molecule has 2 aromatic carbocycles. The van der Waals surface area contributed by atoms with Gasteiger partial charge in [0.1, 0.15) is 5.75 Å². The molecule has 0 aromatic heterocycles. The van der Waals surface area contributed by atoms with E-state index in [1.165, 1.54) is 0 Å². The third kappa shape index (κ3) is 4.09. The van der Waals surface area contributed by atoms with Gasteiger partial charge in [-0.2, -0.15) is 0 Å². The first kappa shape index (κ1) is 23.5. The number of amides is 1. The molecule has 33 heavy (non-hydrogen) atoms. The molecule has 1 saturated heterocycles. The van der Waals surface area contributed by atoms with E-state index in [1.807, 2.05) is 36.2 Å². The maximum atomic E-state index is 13.8. The molecule has 4 rings (SSSR count). The number of piperidine rings is 1. The summed E-state index contributed by atoms with van der Waals surface area (Å²) >= 11 is 0. The van der Waals surface area contributed by atoms with Gasteiger partial charge in [0.15, 0.2) is 14.6 Å². The normalized spacial score (nSPS) is 22.2. The lowest BCUT2D eigenvalue weighted by molar-refractivity contribution is -0.132. The van der Waals surface area contributed by atoms with E-state index >= 15 is 0 Å². The van der Waals surface area contributed by atoms with Crippen LogP contribution in [0.25, 0.3) is 0 Å². The van der Waals surface area contributed by atoms with Crippen LogP contribution in [0.2, 0.25) is 0 Å². The molecule has 1 aliphatic heterocycles. The van der Waals surface area contributed by atoms with E-state index in [-0.39, 0.29) is 23.2 Å². The molecule has 2 fully saturated rings. The van der Waals surface area contributed by atoms with Crippen molar-refractivity contribution in [2.75, 3.05) is 32.1 Å². The summed E-state index contributed by atoms with van der Waals surface area (Å²) in [6.07, 6.45) is 2.74. The minimum absolute atomic E-state index is 0.0870. The molecule has 178 valence electrons. The SMILES string of the molecule is COc1ccc(N(C)c2ccc(S(=O)(=O)C3(C(=O)NO)CCC4(CCNCC4)C3)cc2)cc1. The summed E-state index contributed by atoms with van der Waals surface area (Å²) in [5.41, 5.74) is 3.19. The fourth-order valence-corrected chi connectivity index (χ4v) is 7.41. The number of nitrogens with zero attached hydrogens (tertiary/aromatic N) is 1. The first-order chi connectivity index (χ1) is 15.8. The molecule has 0 radical (unpaired) electrons. The lowest BCUT2D eigenvalue weighted by Gasteiger charge is -2.36. The van der Waals surface area contributed by atoms with Crippen LogP contribution in [-0.4, -0.2) is 51.5 Å². The summed E-state index contributed by atoms with van der Waals surface area (Å²) in [5, 5.41) is 12.7. The van der Waals surface area contributed by atoms with Crippen LogP contribution in [0.15, 0.2) is 53.4 Å². The predicted molar refractivity (Wildman–Crippen MR) is 126 cm³/mol. The third-order valence-corrected chi connectivity index (χ3v) is 9.86. The van der Waals surface area contributed by atoms with Crippen molar-refractivity contribution in [3.05, 3.63) is 48.5 Å². The van der Waals surface area contributed by atoms with Crippen molar-refractivity contribution in [3.63, 3.8) is 0 Å². The van der Waals surface area contributed by atoms with Crippen LogP contribution in [-0.2, 0) is 14.6 Å². The van der Waals surface area contributed by atoms with Crippen molar-refractivity contribution >= 4 is 27.1 Å². The fraction of sp³-hybridized carbons (Fsp3) is 0.458. The van der Waals surface area contributed by atoms with E-state index in [0.29, 0.717) is 6.42 Å². The largest absolute Gasteiger partial charge is 0.497 e. The van der Waals surface area contributed by atoms with Gasteiger partial charge in [-0.1, -0.05) is 0 Å². The Hall–Kier alpha value is -2.62. The number of benzene rings is 2. The Balaban J connectivity index is 1.63. The van der Waals surface area contributed by atoms with E-state index in [1.54, 1.807) is 36.9 Å². The maximum Gasteiger partial charge on any atom is 0.265 e. The molecular formula is C24H31N3O5S. The molecule has 1 aliphatic carbocycles. The van der Waals surface area contributed by atoms with Crippen LogP contribution in [0.4, 0.5) is 11.4 Å². The van der Waals surface area contributed by atoms with Crippen LogP contribution in [0, 0.1) is 5.41 Å². The zero-order valence-electron chi connectivity index (χ0n) is 19.0. The number of ether oxygens (including phenoxy) is 1. The molecule has 1 saturated carbocycles. The molecular weight excluding hydrogens is 442 g/mol. The van der Waals surface area contributed by atoms with Gasteiger partial charge in [-0.25, -0.2) is 13.9 Å². The molecule has 9 heteroatoms. The highest BCUT2D eigenvalue weighted by Crippen LogP contribution is 2.54. The number of carbonyl (C=O) groups excluding carboxylic acids is 1. The number of sulfone groups is 1. The molecule has 1 unspecified atom stereocenters. The Morgan fingerprint density at radius 1 is 1.00 bits per heavy atom. The smallest absolute Gasteiger partial charge is 0.265 e. The average Bonchev–Trinajstić information content (AvgIpc) is 3.24. The van der Waals surface area contributed by atoms with Crippen LogP contribution < -0.4 is 20.4 Å². The van der Waals surface area contributed by atoms with Crippen molar-refractivity contribution in [1.82, 2.24) is 10.8 Å². The number of anilines is 2. The lowest BCUT2D eigenvalue weighted by atomic mass is 9.77. The molecule has 2 aliphatic rings. The third-order valence-electron chi connectivity index (χ3n) is 7.41. The fourth-order valence-electron chi connectivity index (χ4n) is 5.31.